The summed E-state index contributed by atoms with van der Waals surface area (Å²) in [7, 11) is 0. The van der Waals surface area contributed by atoms with E-state index in [4.69, 9.17) is 9.47 Å². The second kappa shape index (κ2) is 11.5. The minimum Gasteiger partial charge on any atom is -0.454 e. The summed E-state index contributed by atoms with van der Waals surface area (Å²) in [6, 6.07) is 14.1. The molecule has 0 amide bonds. The molecule has 6 heteroatoms. The molecule has 0 fully saturated rings. The molecule has 0 aliphatic heterocycles. The third-order valence-corrected chi connectivity index (χ3v) is 4.41. The molecule has 6 nitrogen and oxygen atoms in total. The summed E-state index contributed by atoms with van der Waals surface area (Å²) in [5.74, 6) is -2.40. The van der Waals surface area contributed by atoms with Gasteiger partial charge >= 0.3 is 11.9 Å². The van der Waals surface area contributed by atoms with E-state index in [1.165, 1.54) is 0 Å². The number of carbonyl (C=O) groups is 4. The van der Waals surface area contributed by atoms with Gasteiger partial charge in [0.1, 0.15) is 0 Å². The Morgan fingerprint density at radius 1 is 0.633 bits per heavy atom. The fourth-order valence-corrected chi connectivity index (χ4v) is 2.53. The number of ketones is 2. The average Bonchev–Trinajstić information content (AvgIpc) is 2.79. The smallest absolute Gasteiger partial charge is 0.331 e. The van der Waals surface area contributed by atoms with Crippen LogP contribution in [0.1, 0.15) is 45.7 Å². The summed E-state index contributed by atoms with van der Waals surface area (Å²) in [5, 5.41) is 0. The Bertz CT molecular complexity index is 846. The number of esters is 2. The van der Waals surface area contributed by atoms with Crippen LogP contribution in [0.4, 0.5) is 0 Å². The van der Waals surface area contributed by atoms with Crippen LogP contribution in [0, 0.1) is 0 Å². The molecule has 2 rings (SSSR count). The maximum atomic E-state index is 12.0. The van der Waals surface area contributed by atoms with E-state index in [9.17, 15) is 19.2 Å². The summed E-state index contributed by atoms with van der Waals surface area (Å²) in [6.07, 6.45) is 3.44. The van der Waals surface area contributed by atoms with Crippen molar-refractivity contribution in [3.63, 3.8) is 0 Å². The van der Waals surface area contributed by atoms with Crippen molar-refractivity contribution in [2.75, 3.05) is 13.2 Å². The first-order valence-corrected chi connectivity index (χ1v) is 9.68. The lowest BCUT2D eigenvalue weighted by Crippen LogP contribution is -2.14. The van der Waals surface area contributed by atoms with E-state index in [2.05, 4.69) is 0 Å². The number of hydrogen-bond acceptors (Lipinski definition) is 6. The number of aryl methyl sites for hydroxylation is 2. The fraction of sp³-hybridized carbons (Fsp3) is 0.250. The molecular weight excluding hydrogens is 384 g/mol. The SMILES string of the molecule is CCc1ccc(C(=O)COC(=O)C=CC(=O)OCC(=O)c2ccc(CC)cc2)cc1. The molecule has 0 aliphatic carbocycles. The zero-order valence-corrected chi connectivity index (χ0v) is 17.1. The van der Waals surface area contributed by atoms with Gasteiger partial charge in [0.05, 0.1) is 0 Å². The van der Waals surface area contributed by atoms with Gasteiger partial charge in [-0.1, -0.05) is 62.4 Å². The highest BCUT2D eigenvalue weighted by molar-refractivity contribution is 6.00. The van der Waals surface area contributed by atoms with Gasteiger partial charge in [-0.3, -0.25) is 9.59 Å². The van der Waals surface area contributed by atoms with Gasteiger partial charge in [-0.05, 0) is 24.0 Å². The zero-order valence-electron chi connectivity index (χ0n) is 17.1. The first-order chi connectivity index (χ1) is 14.4. The Morgan fingerprint density at radius 2 is 0.967 bits per heavy atom. The third-order valence-electron chi connectivity index (χ3n) is 4.41. The molecule has 0 N–H and O–H groups in total. The van der Waals surface area contributed by atoms with Crippen LogP contribution in [0.2, 0.25) is 0 Å². The molecule has 0 saturated carbocycles. The van der Waals surface area contributed by atoms with Gasteiger partial charge in [0, 0.05) is 23.3 Å². The Hall–Kier alpha value is -3.54. The molecule has 0 radical (unpaired) electrons. The van der Waals surface area contributed by atoms with Crippen LogP contribution < -0.4 is 0 Å². The van der Waals surface area contributed by atoms with Crippen molar-refractivity contribution in [3.8, 4) is 0 Å². The number of ether oxygens (including phenoxy) is 2. The summed E-state index contributed by atoms with van der Waals surface area (Å²) >= 11 is 0. The molecule has 30 heavy (non-hydrogen) atoms. The Morgan fingerprint density at radius 3 is 1.27 bits per heavy atom. The van der Waals surface area contributed by atoms with E-state index >= 15 is 0 Å². The lowest BCUT2D eigenvalue weighted by Gasteiger charge is -2.04. The quantitative estimate of drug-likeness (QED) is 0.340. The molecule has 2 aromatic carbocycles. The highest BCUT2D eigenvalue weighted by atomic mass is 16.5. The maximum absolute atomic E-state index is 12.0. The first-order valence-electron chi connectivity index (χ1n) is 9.68. The highest BCUT2D eigenvalue weighted by Crippen LogP contribution is 2.07. The van der Waals surface area contributed by atoms with E-state index in [1.807, 2.05) is 38.1 Å². The van der Waals surface area contributed by atoms with E-state index in [-0.39, 0.29) is 11.6 Å². The fourth-order valence-electron chi connectivity index (χ4n) is 2.53. The topological polar surface area (TPSA) is 86.7 Å². The third kappa shape index (κ3) is 7.13. The van der Waals surface area contributed by atoms with Gasteiger partial charge in [0.15, 0.2) is 24.8 Å². The summed E-state index contributed by atoms with van der Waals surface area (Å²) in [5.41, 5.74) is 3.07. The normalized spacial score (nSPS) is 10.6. The molecule has 0 aromatic heterocycles. The molecule has 2 aromatic rings. The van der Waals surface area contributed by atoms with Crippen LogP contribution in [0.5, 0.6) is 0 Å². The minimum absolute atomic E-state index is 0.346. The van der Waals surface area contributed by atoms with Gasteiger partial charge in [-0.15, -0.1) is 0 Å². The number of benzene rings is 2. The monoisotopic (exact) mass is 408 g/mol. The lowest BCUT2D eigenvalue weighted by molar-refractivity contribution is -0.139. The maximum Gasteiger partial charge on any atom is 0.331 e. The van der Waals surface area contributed by atoms with E-state index in [1.54, 1.807) is 24.3 Å². The standard InChI is InChI=1S/C24H24O6/c1-3-17-5-9-19(10-6-17)21(25)15-29-23(27)13-14-24(28)30-16-22(26)20-11-7-18(4-2)8-12-20/h5-14H,3-4,15-16H2,1-2H3. The van der Waals surface area contributed by atoms with Crippen molar-refractivity contribution in [2.24, 2.45) is 0 Å². The number of hydrogen-bond donors (Lipinski definition) is 0. The second-order valence-corrected chi connectivity index (χ2v) is 6.50. The Balaban J connectivity index is 1.74. The van der Waals surface area contributed by atoms with Crippen LogP contribution in [-0.2, 0) is 31.9 Å². The van der Waals surface area contributed by atoms with Gasteiger partial charge in [-0.25, -0.2) is 9.59 Å². The van der Waals surface area contributed by atoms with Crippen molar-refractivity contribution in [3.05, 3.63) is 82.9 Å². The summed E-state index contributed by atoms with van der Waals surface area (Å²) < 4.78 is 9.66. The second-order valence-electron chi connectivity index (χ2n) is 6.50. The van der Waals surface area contributed by atoms with Gasteiger partial charge in [-0.2, -0.15) is 0 Å². The molecule has 0 heterocycles. The minimum atomic E-state index is -0.855. The molecule has 0 unspecified atom stereocenters. The van der Waals surface area contributed by atoms with Crippen molar-refractivity contribution < 1.29 is 28.7 Å². The predicted octanol–water partition coefficient (Wildman–Crippen LogP) is 3.52. The number of Topliss-reactive ketones (excluding diaryl/α,β-unsaturated/α-hetero) is 2. The highest BCUT2D eigenvalue weighted by Gasteiger charge is 2.10. The van der Waals surface area contributed by atoms with Crippen molar-refractivity contribution in [2.45, 2.75) is 26.7 Å². The van der Waals surface area contributed by atoms with E-state index in [0.717, 1.165) is 36.1 Å². The first kappa shape index (κ1) is 22.7. The summed E-state index contributed by atoms with van der Waals surface area (Å²) in [6.45, 7) is 3.15. The van der Waals surface area contributed by atoms with Crippen molar-refractivity contribution in [1.29, 1.82) is 0 Å². The molecule has 0 aliphatic rings. The van der Waals surface area contributed by atoms with E-state index < -0.39 is 25.2 Å². The average molecular weight is 408 g/mol. The molecule has 0 bridgehead atoms. The van der Waals surface area contributed by atoms with Gasteiger partial charge in [0.2, 0.25) is 0 Å². The van der Waals surface area contributed by atoms with Crippen LogP contribution in [0.15, 0.2) is 60.7 Å². The molecule has 0 atom stereocenters. The number of rotatable bonds is 10. The van der Waals surface area contributed by atoms with Crippen LogP contribution in [-0.4, -0.2) is 36.7 Å². The van der Waals surface area contributed by atoms with E-state index in [0.29, 0.717) is 11.1 Å². The molecule has 0 spiro atoms. The Labute approximate surface area is 175 Å². The molecule has 0 saturated heterocycles. The number of carbonyl (C=O) groups excluding carboxylic acids is 4. The van der Waals surface area contributed by atoms with Gasteiger partial charge in [0.25, 0.3) is 0 Å². The summed E-state index contributed by atoms with van der Waals surface area (Å²) in [4.78, 5) is 47.4. The van der Waals surface area contributed by atoms with Gasteiger partial charge < -0.3 is 9.47 Å². The van der Waals surface area contributed by atoms with Crippen LogP contribution in [0.25, 0.3) is 0 Å². The Kier molecular flexibility index (Phi) is 8.69. The lowest BCUT2D eigenvalue weighted by atomic mass is 10.1. The van der Waals surface area contributed by atoms with Crippen molar-refractivity contribution >= 4 is 23.5 Å². The molecule has 156 valence electrons. The predicted molar refractivity (Wildman–Crippen MR) is 111 cm³/mol. The zero-order chi connectivity index (χ0) is 21.9. The van der Waals surface area contributed by atoms with Crippen LogP contribution >= 0.6 is 0 Å². The largest absolute Gasteiger partial charge is 0.454 e. The van der Waals surface area contributed by atoms with Crippen LogP contribution in [0.3, 0.4) is 0 Å². The van der Waals surface area contributed by atoms with Crippen molar-refractivity contribution in [1.82, 2.24) is 0 Å². The molecular formula is C24H24O6.